The molecule has 0 spiro atoms. The largest absolute Gasteiger partial charge is 0.341 e. The summed E-state index contributed by atoms with van der Waals surface area (Å²) in [6.07, 6.45) is 1.89. The molecule has 0 aliphatic carbocycles. The molecule has 1 aromatic rings. The van der Waals surface area contributed by atoms with Crippen molar-refractivity contribution >= 4 is 12.4 Å². The van der Waals surface area contributed by atoms with E-state index in [2.05, 4.69) is 21.8 Å². The van der Waals surface area contributed by atoms with Gasteiger partial charge >= 0.3 is 0 Å². The second-order valence-corrected chi connectivity index (χ2v) is 4.92. The summed E-state index contributed by atoms with van der Waals surface area (Å²) in [5, 5.41) is 0. The number of hydrogen-bond donors (Lipinski definition) is 0. The Kier molecular flexibility index (Phi) is 3.79. The zero-order valence-corrected chi connectivity index (χ0v) is 11.3. The van der Waals surface area contributed by atoms with Gasteiger partial charge in [-0.25, -0.2) is 9.97 Å². The molecule has 18 heavy (non-hydrogen) atoms. The maximum atomic E-state index is 11.0. The minimum Gasteiger partial charge on any atom is -0.341 e. The molecule has 98 valence electrons. The smallest absolute Gasteiger partial charge is 0.225 e. The summed E-state index contributed by atoms with van der Waals surface area (Å²) in [7, 11) is 0. The van der Waals surface area contributed by atoms with Crippen molar-refractivity contribution in [3.63, 3.8) is 0 Å². The van der Waals surface area contributed by atoms with E-state index in [0.29, 0.717) is 6.04 Å². The van der Waals surface area contributed by atoms with Gasteiger partial charge in [-0.2, -0.15) is 0 Å². The predicted octanol–water partition coefficient (Wildman–Crippen LogP) is 1.15. The lowest BCUT2D eigenvalue weighted by atomic mass is 10.2. The van der Waals surface area contributed by atoms with Crippen LogP contribution < -0.4 is 4.90 Å². The fraction of sp³-hybridized carbons (Fsp3) is 0.615. The van der Waals surface area contributed by atoms with E-state index in [0.717, 1.165) is 49.8 Å². The van der Waals surface area contributed by atoms with E-state index >= 15 is 0 Å². The standard InChI is InChI=1S/C13H20N4O/c1-10-8-11(2)15-13(14-10)16-5-4-12(3)17(9-18)7-6-16/h8-9,12H,4-7H2,1-3H3. The first-order valence-corrected chi connectivity index (χ1v) is 6.38. The second-order valence-electron chi connectivity index (χ2n) is 4.92. The first-order chi connectivity index (χ1) is 8.60. The number of hydrogen-bond acceptors (Lipinski definition) is 4. The number of anilines is 1. The van der Waals surface area contributed by atoms with Crippen molar-refractivity contribution in [2.24, 2.45) is 0 Å². The monoisotopic (exact) mass is 248 g/mol. The van der Waals surface area contributed by atoms with Gasteiger partial charge in [0.1, 0.15) is 0 Å². The average molecular weight is 248 g/mol. The summed E-state index contributed by atoms with van der Waals surface area (Å²) in [5.41, 5.74) is 1.98. The van der Waals surface area contributed by atoms with E-state index in [1.54, 1.807) is 0 Å². The summed E-state index contributed by atoms with van der Waals surface area (Å²) in [4.78, 5) is 23.9. The van der Waals surface area contributed by atoms with Crippen molar-refractivity contribution in [1.29, 1.82) is 0 Å². The SMILES string of the molecule is Cc1cc(C)nc(N2CCC(C)N(C=O)CC2)n1. The molecule has 1 fully saturated rings. The minimum atomic E-state index is 0.290. The lowest BCUT2D eigenvalue weighted by Gasteiger charge is -2.21. The van der Waals surface area contributed by atoms with Crippen molar-refractivity contribution < 1.29 is 4.79 Å². The molecule has 1 amide bonds. The summed E-state index contributed by atoms with van der Waals surface area (Å²) in [6.45, 7) is 8.48. The van der Waals surface area contributed by atoms with E-state index in [-0.39, 0.29) is 0 Å². The zero-order valence-electron chi connectivity index (χ0n) is 11.3. The third kappa shape index (κ3) is 2.78. The number of carbonyl (C=O) groups excluding carboxylic acids is 1. The molecule has 1 atom stereocenters. The van der Waals surface area contributed by atoms with Crippen LogP contribution in [0.1, 0.15) is 24.7 Å². The normalized spacial score (nSPS) is 20.7. The Bertz CT molecular complexity index is 415. The van der Waals surface area contributed by atoms with Crippen LogP contribution in [-0.4, -0.2) is 47.0 Å². The Balaban J connectivity index is 2.16. The number of carbonyl (C=O) groups is 1. The fourth-order valence-corrected chi connectivity index (χ4v) is 2.28. The number of amides is 1. The van der Waals surface area contributed by atoms with Gasteiger partial charge in [0, 0.05) is 37.1 Å². The van der Waals surface area contributed by atoms with Crippen LogP contribution in [0.5, 0.6) is 0 Å². The van der Waals surface area contributed by atoms with Gasteiger partial charge in [0.05, 0.1) is 0 Å². The van der Waals surface area contributed by atoms with Crippen LogP contribution in [-0.2, 0) is 4.79 Å². The summed E-state index contributed by atoms with van der Waals surface area (Å²) < 4.78 is 0. The van der Waals surface area contributed by atoms with Crippen LogP contribution in [0.4, 0.5) is 5.95 Å². The van der Waals surface area contributed by atoms with Crippen molar-refractivity contribution in [2.75, 3.05) is 24.5 Å². The highest BCUT2D eigenvalue weighted by molar-refractivity contribution is 5.48. The van der Waals surface area contributed by atoms with E-state index in [4.69, 9.17) is 0 Å². The molecular formula is C13H20N4O. The van der Waals surface area contributed by atoms with Crippen LogP contribution in [0.2, 0.25) is 0 Å². The molecule has 1 saturated heterocycles. The van der Waals surface area contributed by atoms with Crippen LogP contribution in [0.25, 0.3) is 0 Å². The summed E-state index contributed by atoms with van der Waals surface area (Å²) in [5.74, 6) is 0.785. The number of aromatic nitrogens is 2. The van der Waals surface area contributed by atoms with Crippen LogP contribution in [0, 0.1) is 13.8 Å². The molecule has 1 aliphatic rings. The average Bonchev–Trinajstić information content (AvgIpc) is 2.49. The van der Waals surface area contributed by atoms with E-state index in [1.807, 2.05) is 24.8 Å². The predicted molar refractivity (Wildman–Crippen MR) is 70.6 cm³/mol. The van der Waals surface area contributed by atoms with E-state index < -0.39 is 0 Å². The molecule has 1 unspecified atom stereocenters. The summed E-state index contributed by atoms with van der Waals surface area (Å²) in [6, 6.07) is 2.26. The molecule has 0 N–H and O–H groups in total. The first-order valence-electron chi connectivity index (χ1n) is 6.38. The molecule has 5 heteroatoms. The number of aryl methyl sites for hydroxylation is 2. The maximum Gasteiger partial charge on any atom is 0.225 e. The molecule has 5 nitrogen and oxygen atoms in total. The van der Waals surface area contributed by atoms with Gasteiger partial charge in [-0.3, -0.25) is 4.79 Å². The molecule has 0 bridgehead atoms. The zero-order chi connectivity index (χ0) is 13.1. The van der Waals surface area contributed by atoms with Gasteiger partial charge in [-0.05, 0) is 33.3 Å². The first kappa shape index (κ1) is 12.8. The lowest BCUT2D eigenvalue weighted by molar-refractivity contribution is -0.119. The van der Waals surface area contributed by atoms with Crippen LogP contribution in [0.3, 0.4) is 0 Å². The molecule has 2 heterocycles. The van der Waals surface area contributed by atoms with Crippen molar-refractivity contribution in [3.8, 4) is 0 Å². The van der Waals surface area contributed by atoms with Crippen LogP contribution >= 0.6 is 0 Å². The highest BCUT2D eigenvalue weighted by atomic mass is 16.1. The Morgan fingerprint density at radius 1 is 1.22 bits per heavy atom. The van der Waals surface area contributed by atoms with Crippen LogP contribution in [0.15, 0.2) is 6.07 Å². The molecule has 2 rings (SSSR count). The highest BCUT2D eigenvalue weighted by Gasteiger charge is 2.21. The second kappa shape index (κ2) is 5.33. The highest BCUT2D eigenvalue weighted by Crippen LogP contribution is 2.15. The van der Waals surface area contributed by atoms with E-state index in [1.165, 1.54) is 0 Å². The topological polar surface area (TPSA) is 49.3 Å². The quantitative estimate of drug-likeness (QED) is 0.737. The van der Waals surface area contributed by atoms with Gasteiger partial charge in [-0.1, -0.05) is 0 Å². The van der Waals surface area contributed by atoms with Gasteiger partial charge in [0.25, 0.3) is 0 Å². The van der Waals surface area contributed by atoms with Crippen molar-refractivity contribution in [3.05, 3.63) is 17.5 Å². The Morgan fingerprint density at radius 2 is 1.89 bits per heavy atom. The third-order valence-corrected chi connectivity index (χ3v) is 3.40. The minimum absolute atomic E-state index is 0.290. The van der Waals surface area contributed by atoms with Gasteiger partial charge in [-0.15, -0.1) is 0 Å². The van der Waals surface area contributed by atoms with E-state index in [9.17, 15) is 4.79 Å². The Labute approximate surface area is 108 Å². The Morgan fingerprint density at radius 3 is 2.50 bits per heavy atom. The fourth-order valence-electron chi connectivity index (χ4n) is 2.28. The molecule has 1 aliphatic heterocycles. The summed E-state index contributed by atoms with van der Waals surface area (Å²) >= 11 is 0. The van der Waals surface area contributed by atoms with Crippen molar-refractivity contribution in [1.82, 2.24) is 14.9 Å². The number of rotatable bonds is 2. The van der Waals surface area contributed by atoms with Gasteiger partial charge < -0.3 is 9.80 Å². The van der Waals surface area contributed by atoms with Crippen molar-refractivity contribution in [2.45, 2.75) is 33.2 Å². The number of nitrogens with zero attached hydrogens (tertiary/aromatic N) is 4. The lowest BCUT2D eigenvalue weighted by Crippen LogP contribution is -2.33. The molecule has 0 radical (unpaired) electrons. The molecule has 0 aromatic carbocycles. The van der Waals surface area contributed by atoms with Gasteiger partial charge in [0.2, 0.25) is 12.4 Å². The van der Waals surface area contributed by atoms with Gasteiger partial charge in [0.15, 0.2) is 0 Å². The third-order valence-electron chi connectivity index (χ3n) is 3.40. The molecule has 0 saturated carbocycles. The molecular weight excluding hydrogens is 228 g/mol. The molecule has 1 aromatic heterocycles. The maximum absolute atomic E-state index is 11.0. The Hall–Kier alpha value is -1.65.